The van der Waals surface area contributed by atoms with E-state index in [1.807, 2.05) is 24.3 Å². The summed E-state index contributed by atoms with van der Waals surface area (Å²) in [5.41, 5.74) is 3.85. The molecule has 0 saturated carbocycles. The van der Waals surface area contributed by atoms with Crippen LogP contribution in [0.4, 0.5) is 0 Å². The first-order chi connectivity index (χ1) is 14.5. The molecule has 5 rings (SSSR count). The van der Waals surface area contributed by atoms with Gasteiger partial charge in [0.05, 0.1) is 23.2 Å². The molecule has 6 heteroatoms. The van der Waals surface area contributed by atoms with Gasteiger partial charge < -0.3 is 4.74 Å². The van der Waals surface area contributed by atoms with Crippen molar-refractivity contribution in [3.8, 4) is 5.75 Å². The van der Waals surface area contributed by atoms with Gasteiger partial charge in [-0.25, -0.2) is 12.4 Å². The summed E-state index contributed by atoms with van der Waals surface area (Å²) in [5.74, 6) is 0.637. The zero-order valence-corrected chi connectivity index (χ0v) is 18.2. The molecule has 2 aromatic carbocycles. The van der Waals surface area contributed by atoms with Crippen molar-refractivity contribution < 1.29 is 13.2 Å². The predicted octanol–water partition coefficient (Wildman–Crippen LogP) is 4.81. The van der Waals surface area contributed by atoms with Crippen LogP contribution in [0.15, 0.2) is 58.4 Å². The molecule has 30 heavy (non-hydrogen) atoms. The highest BCUT2D eigenvalue weighted by atomic mass is 32.2. The molecule has 0 unspecified atom stereocenters. The molecule has 1 aliphatic heterocycles. The lowest BCUT2D eigenvalue weighted by Gasteiger charge is -2.41. The molecule has 156 valence electrons. The van der Waals surface area contributed by atoms with Crippen molar-refractivity contribution in [1.82, 2.24) is 3.97 Å². The van der Waals surface area contributed by atoms with Crippen molar-refractivity contribution in [3.05, 3.63) is 59.8 Å². The molecule has 2 heterocycles. The standard InChI is InChI=1S/C24H26N2O3S/c1-3-24-14-6-16-25-23(24)22-19-7-4-5-8-20(19)26(21(22)13-15-24)30(27,28)18-11-9-17(29-2)10-12-18/h4-5,7-12H,3,6,13-16H2,1-2H3/t24-/m1/s1. The largest absolute Gasteiger partial charge is 0.497 e. The van der Waals surface area contributed by atoms with E-state index in [0.29, 0.717) is 5.75 Å². The normalized spacial score (nSPS) is 21.1. The second-order valence-corrected chi connectivity index (χ2v) is 10.0. The minimum absolute atomic E-state index is 0.0735. The highest BCUT2D eigenvalue weighted by Gasteiger charge is 2.43. The monoisotopic (exact) mass is 422 g/mol. The lowest BCUT2D eigenvalue weighted by atomic mass is 9.66. The van der Waals surface area contributed by atoms with E-state index in [0.717, 1.165) is 66.5 Å². The van der Waals surface area contributed by atoms with Gasteiger partial charge in [-0.3, -0.25) is 4.99 Å². The summed E-state index contributed by atoms with van der Waals surface area (Å²) >= 11 is 0. The Balaban J connectivity index is 1.79. The van der Waals surface area contributed by atoms with Crippen LogP contribution in [-0.2, 0) is 16.4 Å². The molecule has 1 atom stereocenters. The number of para-hydroxylation sites is 1. The average Bonchev–Trinajstić information content (AvgIpc) is 3.14. The van der Waals surface area contributed by atoms with E-state index in [-0.39, 0.29) is 10.3 Å². The number of ether oxygens (including phenoxy) is 1. The van der Waals surface area contributed by atoms with Crippen LogP contribution in [0.2, 0.25) is 0 Å². The Morgan fingerprint density at radius 2 is 1.87 bits per heavy atom. The highest BCUT2D eigenvalue weighted by molar-refractivity contribution is 7.90. The summed E-state index contributed by atoms with van der Waals surface area (Å²) in [5, 5.41) is 0.989. The van der Waals surface area contributed by atoms with Crippen LogP contribution in [0.5, 0.6) is 5.75 Å². The third-order valence-electron chi connectivity index (χ3n) is 6.86. The molecule has 0 radical (unpaired) electrons. The average molecular weight is 423 g/mol. The van der Waals surface area contributed by atoms with E-state index in [4.69, 9.17) is 9.73 Å². The lowest BCUT2D eigenvalue weighted by molar-refractivity contribution is 0.315. The second-order valence-electron chi connectivity index (χ2n) is 8.25. The predicted molar refractivity (Wildman–Crippen MR) is 119 cm³/mol. The van der Waals surface area contributed by atoms with Crippen molar-refractivity contribution >= 4 is 26.6 Å². The number of hydrogen-bond acceptors (Lipinski definition) is 4. The first-order valence-corrected chi connectivity index (χ1v) is 12.0. The summed E-state index contributed by atoms with van der Waals surface area (Å²) in [7, 11) is -2.17. The van der Waals surface area contributed by atoms with Crippen molar-refractivity contribution in [2.75, 3.05) is 13.7 Å². The SMILES string of the molecule is CC[C@]12CCCN=C1c1c(n(S(=O)(=O)c3ccc(OC)cc3)c3ccccc13)CC2. The number of aromatic nitrogens is 1. The van der Waals surface area contributed by atoms with Gasteiger partial charge in [0, 0.05) is 28.6 Å². The van der Waals surface area contributed by atoms with E-state index in [1.54, 1.807) is 35.3 Å². The lowest BCUT2D eigenvalue weighted by Crippen LogP contribution is -2.39. The molecule has 0 amide bonds. The number of methoxy groups -OCH3 is 1. The van der Waals surface area contributed by atoms with E-state index >= 15 is 0 Å². The van der Waals surface area contributed by atoms with Gasteiger partial charge in [-0.2, -0.15) is 0 Å². The van der Waals surface area contributed by atoms with Crippen molar-refractivity contribution in [1.29, 1.82) is 0 Å². The number of fused-ring (bicyclic) bond motifs is 5. The Labute approximate surface area is 177 Å². The molecule has 0 spiro atoms. The van der Waals surface area contributed by atoms with Crippen molar-refractivity contribution in [3.63, 3.8) is 0 Å². The summed E-state index contributed by atoms with van der Waals surface area (Å²) in [6, 6.07) is 14.5. The number of benzene rings is 2. The molecule has 1 aromatic heterocycles. The molecule has 5 nitrogen and oxygen atoms in total. The van der Waals surface area contributed by atoms with E-state index in [9.17, 15) is 8.42 Å². The van der Waals surface area contributed by atoms with E-state index < -0.39 is 10.0 Å². The van der Waals surface area contributed by atoms with Gasteiger partial charge in [0.15, 0.2) is 0 Å². The summed E-state index contributed by atoms with van der Waals surface area (Å²) in [6.45, 7) is 3.06. The van der Waals surface area contributed by atoms with Gasteiger partial charge in [-0.1, -0.05) is 25.1 Å². The number of aliphatic imine (C=N–C) groups is 1. The summed E-state index contributed by atoms with van der Waals surface area (Å²) in [6.07, 6.45) is 4.97. The molecular weight excluding hydrogens is 396 g/mol. The highest BCUT2D eigenvalue weighted by Crippen LogP contribution is 2.47. The van der Waals surface area contributed by atoms with Crippen LogP contribution in [0.3, 0.4) is 0 Å². The van der Waals surface area contributed by atoms with Gasteiger partial charge >= 0.3 is 0 Å². The molecule has 1 aliphatic carbocycles. The zero-order chi connectivity index (χ0) is 20.9. The smallest absolute Gasteiger partial charge is 0.268 e. The maximum absolute atomic E-state index is 13.8. The fourth-order valence-electron chi connectivity index (χ4n) is 5.24. The molecule has 0 saturated heterocycles. The minimum atomic E-state index is -3.75. The topological polar surface area (TPSA) is 60.7 Å². The number of hydrogen-bond donors (Lipinski definition) is 0. The molecule has 0 N–H and O–H groups in total. The van der Waals surface area contributed by atoms with Gasteiger partial charge in [0.1, 0.15) is 5.75 Å². The maximum atomic E-state index is 13.8. The fourth-order valence-corrected chi connectivity index (χ4v) is 6.83. The van der Waals surface area contributed by atoms with Crippen molar-refractivity contribution in [2.45, 2.75) is 43.9 Å². The third kappa shape index (κ3) is 2.66. The first kappa shape index (κ1) is 19.4. The first-order valence-electron chi connectivity index (χ1n) is 10.6. The van der Waals surface area contributed by atoms with E-state index in [2.05, 4.69) is 6.92 Å². The number of nitrogens with zero attached hydrogens (tertiary/aromatic N) is 2. The Morgan fingerprint density at radius 3 is 2.60 bits per heavy atom. The van der Waals surface area contributed by atoms with Crippen molar-refractivity contribution in [2.24, 2.45) is 10.4 Å². The second kappa shape index (κ2) is 6.98. The van der Waals surface area contributed by atoms with Gasteiger partial charge in [0.2, 0.25) is 0 Å². The minimum Gasteiger partial charge on any atom is -0.497 e. The molecule has 0 fully saturated rings. The molecular formula is C24H26N2O3S. The molecule has 3 aromatic rings. The Morgan fingerprint density at radius 1 is 1.10 bits per heavy atom. The Hall–Kier alpha value is -2.60. The zero-order valence-electron chi connectivity index (χ0n) is 17.4. The third-order valence-corrected chi connectivity index (χ3v) is 8.63. The van der Waals surface area contributed by atoms with Crippen LogP contribution in [-0.4, -0.2) is 31.8 Å². The Bertz CT molecular complexity index is 1260. The van der Waals surface area contributed by atoms with Crippen LogP contribution in [0.25, 0.3) is 10.9 Å². The van der Waals surface area contributed by atoms with E-state index in [1.165, 1.54) is 0 Å². The fraction of sp³-hybridized carbons (Fsp3) is 0.375. The summed E-state index contributed by atoms with van der Waals surface area (Å²) in [4.78, 5) is 5.24. The van der Waals surface area contributed by atoms with Gasteiger partial charge in [-0.05, 0) is 62.4 Å². The van der Waals surface area contributed by atoms with Crippen LogP contribution in [0, 0.1) is 5.41 Å². The van der Waals surface area contributed by atoms with Crippen LogP contribution in [0.1, 0.15) is 43.9 Å². The van der Waals surface area contributed by atoms with Crippen LogP contribution < -0.4 is 4.74 Å². The maximum Gasteiger partial charge on any atom is 0.268 e. The summed E-state index contributed by atoms with van der Waals surface area (Å²) < 4.78 is 34.3. The van der Waals surface area contributed by atoms with Crippen LogP contribution >= 0.6 is 0 Å². The van der Waals surface area contributed by atoms with Gasteiger partial charge in [0.25, 0.3) is 10.0 Å². The van der Waals surface area contributed by atoms with Gasteiger partial charge in [-0.15, -0.1) is 0 Å². The Kier molecular flexibility index (Phi) is 4.51. The number of rotatable bonds is 4. The molecule has 0 bridgehead atoms. The quantitative estimate of drug-likeness (QED) is 0.606. The molecule has 2 aliphatic rings.